The Hall–Kier alpha value is -3.04. The lowest BCUT2D eigenvalue weighted by Crippen LogP contribution is -2.20. The minimum absolute atomic E-state index is 0.0760. The normalized spacial score (nSPS) is 11.1. The molecular formula is C25H21Cl3N6OS. The lowest BCUT2D eigenvalue weighted by Gasteiger charge is -2.13. The Balaban J connectivity index is 1.48. The van der Waals surface area contributed by atoms with Gasteiger partial charge in [0.05, 0.1) is 29.2 Å². The summed E-state index contributed by atoms with van der Waals surface area (Å²) in [7, 11) is 0. The monoisotopic (exact) mass is 558 g/mol. The number of carbonyl (C=O) groups is 1. The van der Waals surface area contributed by atoms with Crippen LogP contribution in [0.25, 0.3) is 5.69 Å². The highest BCUT2D eigenvalue weighted by atomic mass is 35.5. The number of rotatable bonds is 9. The van der Waals surface area contributed by atoms with Gasteiger partial charge in [-0.3, -0.25) is 9.36 Å². The fourth-order valence-corrected chi connectivity index (χ4v) is 4.61. The molecule has 4 rings (SSSR count). The molecule has 0 saturated heterocycles. The second-order valence-corrected chi connectivity index (χ2v) is 9.91. The summed E-state index contributed by atoms with van der Waals surface area (Å²) >= 11 is 19.7. The molecule has 0 unspecified atom stereocenters. The Bertz CT molecular complexity index is 1390. The van der Waals surface area contributed by atoms with Crippen LogP contribution in [-0.2, 0) is 11.3 Å². The molecule has 0 atom stereocenters. The third kappa shape index (κ3) is 7.01. The minimum Gasteiger partial charge on any atom is -0.378 e. The van der Waals surface area contributed by atoms with E-state index in [2.05, 4.69) is 26.0 Å². The van der Waals surface area contributed by atoms with Crippen LogP contribution in [0, 0.1) is 6.92 Å². The second kappa shape index (κ2) is 12.3. The summed E-state index contributed by atoms with van der Waals surface area (Å²) in [5, 5.41) is 18.1. The van der Waals surface area contributed by atoms with Gasteiger partial charge in [0, 0.05) is 15.7 Å². The first-order valence-electron chi connectivity index (χ1n) is 10.8. The van der Waals surface area contributed by atoms with Crippen molar-refractivity contribution in [3.8, 4) is 5.69 Å². The molecule has 0 aliphatic carbocycles. The zero-order chi connectivity index (χ0) is 25.5. The van der Waals surface area contributed by atoms with Crippen LogP contribution in [0.3, 0.4) is 0 Å². The van der Waals surface area contributed by atoms with Crippen LogP contribution in [0.15, 0.2) is 77.0 Å². The van der Waals surface area contributed by atoms with E-state index in [0.29, 0.717) is 38.3 Å². The van der Waals surface area contributed by atoms with Gasteiger partial charge in [-0.25, -0.2) is 5.43 Å². The van der Waals surface area contributed by atoms with Gasteiger partial charge < -0.3 is 5.32 Å². The van der Waals surface area contributed by atoms with E-state index in [1.54, 1.807) is 48.7 Å². The van der Waals surface area contributed by atoms with Gasteiger partial charge in [0.1, 0.15) is 0 Å². The average molecular weight is 560 g/mol. The summed E-state index contributed by atoms with van der Waals surface area (Å²) in [5.74, 6) is 0.415. The fourth-order valence-electron chi connectivity index (χ4n) is 3.24. The highest BCUT2D eigenvalue weighted by Gasteiger charge is 2.18. The number of aromatic nitrogens is 3. The van der Waals surface area contributed by atoms with Crippen molar-refractivity contribution in [2.45, 2.75) is 18.6 Å². The number of thioether (sulfide) groups is 1. The highest BCUT2D eigenvalue weighted by Crippen LogP contribution is 2.29. The zero-order valence-corrected chi connectivity index (χ0v) is 22.2. The van der Waals surface area contributed by atoms with Gasteiger partial charge in [0.25, 0.3) is 5.91 Å². The van der Waals surface area contributed by atoms with E-state index in [1.807, 2.05) is 35.8 Å². The van der Waals surface area contributed by atoms with Crippen LogP contribution in [0.1, 0.15) is 17.0 Å². The largest absolute Gasteiger partial charge is 0.378 e. The third-order valence-corrected chi connectivity index (χ3v) is 6.64. The molecule has 0 aliphatic heterocycles. The average Bonchev–Trinajstić information content (AvgIpc) is 3.25. The molecule has 36 heavy (non-hydrogen) atoms. The number of nitrogens with one attached hydrogen (secondary N) is 2. The molecule has 0 radical (unpaired) electrons. The molecule has 3 aromatic carbocycles. The van der Waals surface area contributed by atoms with Crippen LogP contribution >= 0.6 is 46.6 Å². The third-order valence-electron chi connectivity index (χ3n) is 4.92. The van der Waals surface area contributed by atoms with E-state index in [4.69, 9.17) is 34.8 Å². The van der Waals surface area contributed by atoms with Crippen molar-refractivity contribution in [1.29, 1.82) is 0 Å². The number of benzene rings is 3. The Kier molecular flexibility index (Phi) is 8.88. The number of hydrogen-bond donors (Lipinski definition) is 2. The predicted octanol–water partition coefficient (Wildman–Crippen LogP) is 6.39. The first kappa shape index (κ1) is 26.0. The number of carbonyl (C=O) groups excluding carboxylic acids is 1. The van der Waals surface area contributed by atoms with E-state index in [-0.39, 0.29) is 11.7 Å². The van der Waals surface area contributed by atoms with Crippen molar-refractivity contribution < 1.29 is 4.79 Å². The number of amides is 1. The van der Waals surface area contributed by atoms with Crippen molar-refractivity contribution in [3.05, 3.63) is 98.7 Å². The van der Waals surface area contributed by atoms with Gasteiger partial charge in [-0.15, -0.1) is 10.2 Å². The molecule has 4 aromatic rings. The zero-order valence-electron chi connectivity index (χ0n) is 19.1. The molecule has 11 heteroatoms. The standard InChI is InChI=1S/C25H21Cl3N6OS/c1-16-3-2-4-20(11-16)29-14-23-31-33-25(34(23)22-10-9-19(27)12-21(22)28)36-15-24(35)32-30-13-17-5-7-18(26)8-6-17/h2-13,29H,14-15H2,1H3,(H,32,35). The molecule has 0 fully saturated rings. The van der Waals surface area contributed by atoms with E-state index in [9.17, 15) is 4.79 Å². The van der Waals surface area contributed by atoms with Crippen molar-refractivity contribution in [3.63, 3.8) is 0 Å². The highest BCUT2D eigenvalue weighted by molar-refractivity contribution is 7.99. The van der Waals surface area contributed by atoms with Gasteiger partial charge in [-0.2, -0.15) is 5.10 Å². The molecule has 184 valence electrons. The van der Waals surface area contributed by atoms with Gasteiger partial charge in [-0.05, 0) is 60.5 Å². The van der Waals surface area contributed by atoms with Crippen LogP contribution in [0.4, 0.5) is 5.69 Å². The molecule has 0 spiro atoms. The molecule has 0 aliphatic rings. The minimum atomic E-state index is -0.290. The first-order valence-corrected chi connectivity index (χ1v) is 12.9. The van der Waals surface area contributed by atoms with Crippen molar-refractivity contribution in [2.24, 2.45) is 5.10 Å². The molecule has 0 saturated carbocycles. The number of hydrazone groups is 1. The molecule has 7 nitrogen and oxygen atoms in total. The van der Waals surface area contributed by atoms with Gasteiger partial charge in [-0.1, -0.05) is 70.8 Å². The lowest BCUT2D eigenvalue weighted by molar-refractivity contribution is -0.118. The molecule has 1 heterocycles. The smallest absolute Gasteiger partial charge is 0.250 e. The SMILES string of the molecule is Cc1cccc(NCc2nnc(SCC(=O)NN=Cc3ccc(Cl)cc3)n2-c2ccc(Cl)cc2Cl)c1. The number of anilines is 1. The van der Waals surface area contributed by atoms with Crippen LogP contribution in [0.5, 0.6) is 0 Å². The van der Waals surface area contributed by atoms with Gasteiger partial charge in [0.2, 0.25) is 0 Å². The number of halogens is 3. The van der Waals surface area contributed by atoms with E-state index in [0.717, 1.165) is 16.8 Å². The Labute approximate surface area is 227 Å². The first-order chi connectivity index (χ1) is 17.4. The molecule has 0 bridgehead atoms. The van der Waals surface area contributed by atoms with E-state index in [1.165, 1.54) is 11.8 Å². The lowest BCUT2D eigenvalue weighted by atomic mass is 10.2. The second-order valence-electron chi connectivity index (χ2n) is 7.69. The summed E-state index contributed by atoms with van der Waals surface area (Å²) in [6, 6.07) is 20.3. The van der Waals surface area contributed by atoms with Gasteiger partial charge in [0.15, 0.2) is 11.0 Å². The van der Waals surface area contributed by atoms with Crippen molar-refractivity contribution >= 4 is 64.4 Å². The Morgan fingerprint density at radius 3 is 2.56 bits per heavy atom. The fraction of sp³-hybridized carbons (Fsp3) is 0.120. The topological polar surface area (TPSA) is 84.2 Å². The predicted molar refractivity (Wildman–Crippen MR) is 148 cm³/mol. The maximum atomic E-state index is 12.4. The van der Waals surface area contributed by atoms with Crippen molar-refractivity contribution in [2.75, 3.05) is 11.1 Å². The maximum Gasteiger partial charge on any atom is 0.250 e. The van der Waals surface area contributed by atoms with Gasteiger partial charge >= 0.3 is 0 Å². The number of nitrogens with zero attached hydrogens (tertiary/aromatic N) is 4. The number of hydrogen-bond acceptors (Lipinski definition) is 6. The summed E-state index contributed by atoms with van der Waals surface area (Å²) < 4.78 is 1.82. The van der Waals surface area contributed by atoms with E-state index < -0.39 is 0 Å². The maximum absolute atomic E-state index is 12.4. The summed E-state index contributed by atoms with van der Waals surface area (Å²) in [4.78, 5) is 12.4. The van der Waals surface area contributed by atoms with Crippen molar-refractivity contribution in [1.82, 2.24) is 20.2 Å². The quantitative estimate of drug-likeness (QED) is 0.141. The molecule has 1 amide bonds. The van der Waals surface area contributed by atoms with E-state index >= 15 is 0 Å². The summed E-state index contributed by atoms with van der Waals surface area (Å²) in [6.07, 6.45) is 1.55. The summed E-state index contributed by atoms with van der Waals surface area (Å²) in [5.41, 5.74) is 6.09. The number of aryl methyl sites for hydroxylation is 1. The molecule has 2 N–H and O–H groups in total. The van der Waals surface area contributed by atoms with Crippen LogP contribution in [0.2, 0.25) is 15.1 Å². The Morgan fingerprint density at radius 2 is 1.81 bits per heavy atom. The summed E-state index contributed by atoms with van der Waals surface area (Å²) in [6.45, 7) is 2.42. The van der Waals surface area contributed by atoms with Crippen LogP contribution < -0.4 is 10.7 Å². The van der Waals surface area contributed by atoms with Crippen LogP contribution in [-0.4, -0.2) is 32.6 Å². The Morgan fingerprint density at radius 1 is 1.03 bits per heavy atom. The molecule has 1 aromatic heterocycles. The molecular weight excluding hydrogens is 539 g/mol.